The van der Waals surface area contributed by atoms with Gasteiger partial charge in [0.1, 0.15) is 11.6 Å². The molecule has 0 aliphatic rings. The highest BCUT2D eigenvalue weighted by atomic mass is 32.2. The average Bonchev–Trinajstić information content (AvgIpc) is 3.07. The highest BCUT2D eigenvalue weighted by molar-refractivity contribution is 8.00. The lowest BCUT2D eigenvalue weighted by Gasteiger charge is -2.06. The van der Waals surface area contributed by atoms with E-state index in [1.54, 1.807) is 6.07 Å². The Morgan fingerprint density at radius 2 is 2.04 bits per heavy atom. The molecule has 0 aliphatic heterocycles. The monoisotopic (exact) mass is 385 g/mol. The molecular weight excluding hydrogens is 365 g/mol. The van der Waals surface area contributed by atoms with E-state index < -0.39 is 5.82 Å². The van der Waals surface area contributed by atoms with Crippen LogP contribution in [0.1, 0.15) is 29.5 Å². The largest absolute Gasteiger partial charge is 0.355 e. The van der Waals surface area contributed by atoms with E-state index in [-0.39, 0.29) is 17.4 Å². The summed E-state index contributed by atoms with van der Waals surface area (Å²) in [7, 11) is 0. The Morgan fingerprint density at radius 1 is 1.22 bits per heavy atom. The number of halogens is 1. The van der Waals surface area contributed by atoms with Crippen LogP contribution in [0.2, 0.25) is 0 Å². The molecule has 0 bridgehead atoms. The molecule has 3 aromatic rings. The number of hydrogen-bond donors (Lipinski definition) is 2. The molecule has 140 valence electrons. The topological polar surface area (TPSA) is 74.8 Å². The molecular formula is C20H20FN3O2S. The van der Waals surface area contributed by atoms with Crippen LogP contribution in [-0.2, 0) is 11.2 Å². The van der Waals surface area contributed by atoms with Crippen molar-refractivity contribution in [2.24, 2.45) is 0 Å². The van der Waals surface area contributed by atoms with Crippen LogP contribution in [0, 0.1) is 5.82 Å². The smallest absolute Gasteiger partial charge is 0.230 e. The summed E-state index contributed by atoms with van der Waals surface area (Å²) in [4.78, 5) is 31.3. The van der Waals surface area contributed by atoms with E-state index in [9.17, 15) is 14.0 Å². The second kappa shape index (κ2) is 8.81. The van der Waals surface area contributed by atoms with Crippen molar-refractivity contribution in [3.8, 4) is 0 Å². The summed E-state index contributed by atoms with van der Waals surface area (Å²) in [6.45, 7) is 1.92. The molecule has 0 unspecified atom stereocenters. The number of H-pyrrole nitrogens is 1. The Balaban J connectivity index is 1.40. The molecule has 7 heteroatoms. The maximum absolute atomic E-state index is 13.9. The molecule has 3 rings (SSSR count). The number of benzene rings is 2. The maximum Gasteiger partial charge on any atom is 0.230 e. The number of carbonyl (C=O) groups excluding carboxylic acids is 2. The van der Waals surface area contributed by atoms with Crippen molar-refractivity contribution in [3.05, 3.63) is 59.7 Å². The van der Waals surface area contributed by atoms with E-state index in [0.717, 1.165) is 41.5 Å². The first-order valence-electron chi connectivity index (χ1n) is 8.66. The number of imidazole rings is 1. The van der Waals surface area contributed by atoms with Gasteiger partial charge in [-0.25, -0.2) is 9.37 Å². The van der Waals surface area contributed by atoms with Crippen molar-refractivity contribution in [2.45, 2.75) is 24.7 Å². The minimum atomic E-state index is -0.481. The van der Waals surface area contributed by atoms with Crippen LogP contribution in [0.5, 0.6) is 0 Å². The van der Waals surface area contributed by atoms with Gasteiger partial charge >= 0.3 is 0 Å². The summed E-state index contributed by atoms with van der Waals surface area (Å²) in [6.07, 6.45) is 1.50. The molecule has 27 heavy (non-hydrogen) atoms. The lowest BCUT2D eigenvalue weighted by molar-refractivity contribution is -0.118. The minimum absolute atomic E-state index is 0.126. The summed E-state index contributed by atoms with van der Waals surface area (Å²) >= 11 is 1.12. The summed E-state index contributed by atoms with van der Waals surface area (Å²) < 4.78 is 13.9. The van der Waals surface area contributed by atoms with Crippen LogP contribution in [0.25, 0.3) is 11.0 Å². The number of thioether (sulfide) groups is 1. The van der Waals surface area contributed by atoms with Crippen molar-refractivity contribution < 1.29 is 14.0 Å². The molecule has 5 nitrogen and oxygen atoms in total. The molecule has 0 aliphatic carbocycles. The quantitative estimate of drug-likeness (QED) is 0.352. The molecule has 0 spiro atoms. The van der Waals surface area contributed by atoms with Crippen LogP contribution in [0.3, 0.4) is 0 Å². The van der Waals surface area contributed by atoms with Crippen molar-refractivity contribution in [1.29, 1.82) is 0 Å². The van der Waals surface area contributed by atoms with Gasteiger partial charge in [0.2, 0.25) is 5.91 Å². The third kappa shape index (κ3) is 5.17. The number of carbonyl (C=O) groups is 2. The number of amides is 1. The van der Waals surface area contributed by atoms with Crippen molar-refractivity contribution in [1.82, 2.24) is 15.3 Å². The van der Waals surface area contributed by atoms with Crippen LogP contribution in [0.4, 0.5) is 4.39 Å². The number of hydrogen-bond acceptors (Lipinski definition) is 4. The molecule has 1 aromatic heterocycles. The molecule has 0 fully saturated rings. The molecule has 0 radical (unpaired) electrons. The second-order valence-electron chi connectivity index (χ2n) is 6.14. The molecule has 2 aromatic carbocycles. The van der Waals surface area contributed by atoms with E-state index >= 15 is 0 Å². The number of fused-ring (bicyclic) bond motifs is 1. The Kier molecular flexibility index (Phi) is 6.24. The fourth-order valence-corrected chi connectivity index (χ4v) is 3.39. The number of aromatic nitrogens is 2. The molecule has 1 heterocycles. The number of ketones is 1. The van der Waals surface area contributed by atoms with Crippen molar-refractivity contribution in [3.63, 3.8) is 0 Å². The normalized spacial score (nSPS) is 10.9. The first-order chi connectivity index (χ1) is 13.0. The zero-order valence-electron chi connectivity index (χ0n) is 14.9. The third-order valence-electron chi connectivity index (χ3n) is 4.05. The Morgan fingerprint density at radius 3 is 2.78 bits per heavy atom. The van der Waals surface area contributed by atoms with Crippen LogP contribution < -0.4 is 5.32 Å². The maximum atomic E-state index is 13.9. The number of nitrogens with zero attached hydrogens (tertiary/aromatic N) is 1. The average molecular weight is 385 g/mol. The predicted molar refractivity (Wildman–Crippen MR) is 105 cm³/mol. The summed E-state index contributed by atoms with van der Waals surface area (Å²) in [5.74, 6) is 0.200. The fourth-order valence-electron chi connectivity index (χ4n) is 2.64. The van der Waals surface area contributed by atoms with E-state index in [1.165, 1.54) is 19.1 Å². The second-order valence-corrected chi connectivity index (χ2v) is 7.16. The zero-order valence-corrected chi connectivity index (χ0v) is 15.7. The van der Waals surface area contributed by atoms with E-state index in [2.05, 4.69) is 15.3 Å². The molecule has 1 amide bonds. The van der Waals surface area contributed by atoms with Crippen LogP contribution >= 0.6 is 11.8 Å². The molecule has 0 saturated heterocycles. The summed E-state index contributed by atoms with van der Waals surface area (Å²) in [6, 6.07) is 12.1. The highest BCUT2D eigenvalue weighted by Gasteiger charge is 2.09. The lowest BCUT2D eigenvalue weighted by Crippen LogP contribution is -2.26. The van der Waals surface area contributed by atoms with Gasteiger partial charge in [-0.15, -0.1) is 11.8 Å². The van der Waals surface area contributed by atoms with E-state index in [4.69, 9.17) is 0 Å². The first-order valence-corrected chi connectivity index (χ1v) is 9.65. The predicted octanol–water partition coefficient (Wildman–Crippen LogP) is 3.75. The lowest BCUT2D eigenvalue weighted by atomic mass is 10.1. The number of aromatic amines is 1. The van der Waals surface area contributed by atoms with Crippen LogP contribution in [-0.4, -0.2) is 34.0 Å². The SMILES string of the molecule is CC(=O)c1ccc(SCC(=O)NCCCc2nc3ccccc3[nH]2)c(F)c1. The standard InChI is InChI=1S/C20H20FN3O2S/c1-13(25)14-8-9-18(15(21)11-14)27-12-20(26)22-10-4-7-19-23-16-5-2-3-6-17(16)24-19/h2-3,5-6,8-9,11H,4,7,10,12H2,1H3,(H,22,26)(H,23,24). The molecule has 2 N–H and O–H groups in total. The van der Waals surface area contributed by atoms with Crippen molar-refractivity contribution >= 4 is 34.5 Å². The van der Waals surface area contributed by atoms with Crippen LogP contribution in [0.15, 0.2) is 47.4 Å². The number of Topliss-reactive ketones (excluding diaryl/α,β-unsaturated/α-hetero) is 1. The Bertz CT molecular complexity index is 938. The third-order valence-corrected chi connectivity index (χ3v) is 5.10. The first kappa shape index (κ1) is 19.1. The number of nitrogens with one attached hydrogen (secondary N) is 2. The van der Waals surface area contributed by atoms with Gasteiger partial charge in [-0.2, -0.15) is 0 Å². The molecule has 0 atom stereocenters. The Labute approximate surface area is 160 Å². The fraction of sp³-hybridized carbons (Fsp3) is 0.250. The van der Waals surface area contributed by atoms with Gasteiger partial charge < -0.3 is 10.3 Å². The van der Waals surface area contributed by atoms with Gasteiger partial charge in [0.25, 0.3) is 0 Å². The van der Waals surface area contributed by atoms with E-state index in [0.29, 0.717) is 17.0 Å². The zero-order chi connectivity index (χ0) is 19.2. The van der Waals surface area contributed by atoms with Gasteiger partial charge in [-0.05, 0) is 37.6 Å². The van der Waals surface area contributed by atoms with E-state index in [1.807, 2.05) is 24.3 Å². The Hall–Kier alpha value is -2.67. The van der Waals surface area contributed by atoms with Gasteiger partial charge in [0, 0.05) is 23.4 Å². The van der Waals surface area contributed by atoms with Crippen molar-refractivity contribution in [2.75, 3.05) is 12.3 Å². The molecule has 0 saturated carbocycles. The van der Waals surface area contributed by atoms with Gasteiger partial charge in [0.15, 0.2) is 5.78 Å². The number of rotatable bonds is 8. The van der Waals surface area contributed by atoms with Gasteiger partial charge in [0.05, 0.1) is 16.8 Å². The number of para-hydroxylation sites is 2. The highest BCUT2D eigenvalue weighted by Crippen LogP contribution is 2.22. The summed E-state index contributed by atoms with van der Waals surface area (Å²) in [5, 5.41) is 2.83. The summed E-state index contributed by atoms with van der Waals surface area (Å²) in [5.41, 5.74) is 2.27. The minimum Gasteiger partial charge on any atom is -0.355 e. The van der Waals surface area contributed by atoms with Gasteiger partial charge in [-0.3, -0.25) is 9.59 Å². The number of aryl methyl sites for hydroxylation is 1. The van der Waals surface area contributed by atoms with Gasteiger partial charge in [-0.1, -0.05) is 18.2 Å².